The molecule has 1 aliphatic carbocycles. The van der Waals surface area contributed by atoms with Crippen LogP contribution in [0, 0.1) is 5.92 Å². The van der Waals surface area contributed by atoms with Gasteiger partial charge in [0.25, 0.3) is 0 Å². The molecule has 21 heavy (non-hydrogen) atoms. The molecule has 118 valence electrons. The van der Waals surface area contributed by atoms with E-state index < -0.39 is 0 Å². The van der Waals surface area contributed by atoms with Crippen LogP contribution in [-0.4, -0.2) is 50.8 Å². The van der Waals surface area contributed by atoms with Crippen molar-refractivity contribution < 1.29 is 0 Å². The van der Waals surface area contributed by atoms with E-state index in [1.165, 1.54) is 51.7 Å². The first-order chi connectivity index (χ1) is 10.4. The van der Waals surface area contributed by atoms with Gasteiger partial charge in [-0.15, -0.1) is 5.10 Å². The summed E-state index contributed by atoms with van der Waals surface area (Å²) < 4.78 is 2.00. The molecule has 2 aliphatic rings. The third-order valence-electron chi connectivity index (χ3n) is 4.63. The first-order valence-corrected chi connectivity index (χ1v) is 8.56. The maximum absolute atomic E-state index is 4.26. The molecule has 1 saturated heterocycles. The quantitative estimate of drug-likeness (QED) is 0.785. The van der Waals surface area contributed by atoms with Crippen molar-refractivity contribution >= 4 is 0 Å². The average Bonchev–Trinajstić information content (AvgIpc) is 3.27. The number of piperidine rings is 1. The lowest BCUT2D eigenvalue weighted by molar-refractivity contribution is 0.186. The maximum atomic E-state index is 4.26. The van der Waals surface area contributed by atoms with Gasteiger partial charge in [-0.2, -0.15) is 0 Å². The molecule has 0 aromatic carbocycles. The summed E-state index contributed by atoms with van der Waals surface area (Å²) in [5.74, 6) is 1.83. The van der Waals surface area contributed by atoms with Gasteiger partial charge in [-0.05, 0) is 61.5 Å². The van der Waals surface area contributed by atoms with E-state index in [1.807, 2.05) is 4.68 Å². The Morgan fingerprint density at radius 3 is 2.95 bits per heavy atom. The van der Waals surface area contributed by atoms with E-state index in [4.69, 9.17) is 0 Å². The van der Waals surface area contributed by atoms with Gasteiger partial charge in [0.05, 0.1) is 6.54 Å². The van der Waals surface area contributed by atoms with Gasteiger partial charge in [-0.25, -0.2) is 4.68 Å². The van der Waals surface area contributed by atoms with Crippen LogP contribution < -0.4 is 5.32 Å². The Morgan fingerprint density at radius 2 is 2.24 bits per heavy atom. The Morgan fingerprint density at radius 1 is 1.33 bits per heavy atom. The molecule has 2 fully saturated rings. The summed E-state index contributed by atoms with van der Waals surface area (Å²) in [4.78, 5) is 2.62. The van der Waals surface area contributed by atoms with E-state index >= 15 is 0 Å². The van der Waals surface area contributed by atoms with Gasteiger partial charge in [0.2, 0.25) is 0 Å². The normalized spacial score (nSPS) is 22.9. The minimum Gasteiger partial charge on any atom is -0.316 e. The fourth-order valence-corrected chi connectivity index (χ4v) is 3.19. The number of aryl methyl sites for hydroxylation is 1. The van der Waals surface area contributed by atoms with Crippen molar-refractivity contribution in [3.63, 3.8) is 0 Å². The average molecular weight is 292 g/mol. The van der Waals surface area contributed by atoms with Crippen molar-refractivity contribution in [2.75, 3.05) is 19.6 Å². The summed E-state index contributed by atoms with van der Waals surface area (Å²) in [5, 5.41) is 15.8. The van der Waals surface area contributed by atoms with E-state index in [0.717, 1.165) is 37.3 Å². The van der Waals surface area contributed by atoms with Gasteiger partial charge in [-0.1, -0.05) is 13.3 Å². The molecule has 1 unspecified atom stereocenters. The van der Waals surface area contributed by atoms with Crippen LogP contribution in [0.15, 0.2) is 0 Å². The molecule has 3 rings (SSSR count). The van der Waals surface area contributed by atoms with Crippen LogP contribution in [-0.2, 0) is 13.1 Å². The Kier molecular flexibility index (Phi) is 5.19. The van der Waals surface area contributed by atoms with Crippen LogP contribution in [0.3, 0.4) is 0 Å². The summed E-state index contributed by atoms with van der Waals surface area (Å²) >= 11 is 0. The molecule has 0 amide bonds. The van der Waals surface area contributed by atoms with Gasteiger partial charge < -0.3 is 5.32 Å². The zero-order valence-corrected chi connectivity index (χ0v) is 13.2. The lowest BCUT2D eigenvalue weighted by atomic mass is 9.99. The van der Waals surface area contributed by atoms with Crippen molar-refractivity contribution in [1.29, 1.82) is 0 Å². The highest BCUT2D eigenvalue weighted by Crippen LogP contribution is 2.29. The van der Waals surface area contributed by atoms with Gasteiger partial charge in [0.15, 0.2) is 5.82 Å². The van der Waals surface area contributed by atoms with Gasteiger partial charge in [0.1, 0.15) is 0 Å². The molecule has 1 N–H and O–H groups in total. The van der Waals surface area contributed by atoms with E-state index in [-0.39, 0.29) is 0 Å². The molecule has 6 nitrogen and oxygen atoms in total. The third kappa shape index (κ3) is 4.23. The van der Waals surface area contributed by atoms with E-state index in [9.17, 15) is 0 Å². The number of hydrogen-bond acceptors (Lipinski definition) is 5. The molecule has 0 radical (unpaired) electrons. The maximum Gasteiger partial charge on any atom is 0.165 e. The van der Waals surface area contributed by atoms with Crippen LogP contribution in [0.2, 0.25) is 0 Å². The highest BCUT2D eigenvalue weighted by atomic mass is 15.5. The van der Waals surface area contributed by atoms with Crippen molar-refractivity contribution in [3.05, 3.63) is 5.82 Å². The molecule has 1 aromatic rings. The number of rotatable bonds is 8. The Bertz CT molecular complexity index is 422. The molecule has 1 aliphatic heterocycles. The summed E-state index contributed by atoms with van der Waals surface area (Å²) in [7, 11) is 0. The molecular weight excluding hydrogens is 264 g/mol. The summed E-state index contributed by atoms with van der Waals surface area (Å²) in [6.07, 6.45) is 7.69. The van der Waals surface area contributed by atoms with Crippen LogP contribution in [0.5, 0.6) is 0 Å². The van der Waals surface area contributed by atoms with Crippen molar-refractivity contribution in [2.24, 2.45) is 5.92 Å². The molecule has 0 spiro atoms. The van der Waals surface area contributed by atoms with Crippen LogP contribution in [0.25, 0.3) is 0 Å². The van der Waals surface area contributed by atoms with Crippen LogP contribution >= 0.6 is 0 Å². The van der Waals surface area contributed by atoms with Crippen molar-refractivity contribution in [1.82, 2.24) is 30.4 Å². The molecule has 1 atom stereocenters. The monoisotopic (exact) mass is 292 g/mol. The minimum absolute atomic E-state index is 0.767. The lowest BCUT2D eigenvalue weighted by Crippen LogP contribution is -2.39. The minimum atomic E-state index is 0.767. The van der Waals surface area contributed by atoms with Gasteiger partial charge >= 0.3 is 0 Å². The number of unbranched alkanes of at least 4 members (excludes halogenated alkanes) is 1. The second-order valence-corrected chi connectivity index (χ2v) is 6.54. The lowest BCUT2D eigenvalue weighted by Gasteiger charge is -2.29. The summed E-state index contributed by atoms with van der Waals surface area (Å²) in [6.45, 7) is 7.62. The highest BCUT2D eigenvalue weighted by molar-refractivity contribution is 4.91. The fraction of sp³-hybridized carbons (Fsp3) is 0.933. The molecule has 2 heterocycles. The second kappa shape index (κ2) is 7.31. The standard InChI is InChI=1S/C15H28N6/c1-2-3-9-21-15(17-18-19-21)12-20(14-6-7-14)11-13-5-4-8-16-10-13/h13-14,16H,2-12H2,1H3. The largest absolute Gasteiger partial charge is 0.316 e. The van der Waals surface area contributed by atoms with Gasteiger partial charge in [0, 0.05) is 19.1 Å². The molecule has 1 aromatic heterocycles. The highest BCUT2D eigenvalue weighted by Gasteiger charge is 2.32. The zero-order chi connectivity index (χ0) is 14.5. The number of hydrogen-bond donors (Lipinski definition) is 1. The first-order valence-electron chi connectivity index (χ1n) is 8.56. The van der Waals surface area contributed by atoms with E-state index in [2.05, 4.69) is 32.7 Å². The predicted octanol–water partition coefficient (Wildman–Crippen LogP) is 1.44. The predicted molar refractivity (Wildman–Crippen MR) is 81.8 cm³/mol. The molecule has 1 saturated carbocycles. The van der Waals surface area contributed by atoms with E-state index in [1.54, 1.807) is 0 Å². The SMILES string of the molecule is CCCCn1nnnc1CN(CC1CCCNC1)C1CC1. The number of nitrogens with zero attached hydrogens (tertiary/aromatic N) is 5. The third-order valence-corrected chi connectivity index (χ3v) is 4.63. The van der Waals surface area contributed by atoms with Crippen molar-refractivity contribution in [2.45, 2.75) is 64.6 Å². The van der Waals surface area contributed by atoms with Crippen LogP contribution in [0.1, 0.15) is 51.3 Å². The summed E-state index contributed by atoms with van der Waals surface area (Å²) in [6, 6.07) is 0.767. The van der Waals surface area contributed by atoms with E-state index in [0.29, 0.717) is 0 Å². The smallest absolute Gasteiger partial charge is 0.165 e. The molecule has 0 bridgehead atoms. The first kappa shape index (κ1) is 14.9. The Labute approximate surface area is 127 Å². The molecular formula is C15H28N6. The van der Waals surface area contributed by atoms with Gasteiger partial charge in [-0.3, -0.25) is 4.90 Å². The second-order valence-electron chi connectivity index (χ2n) is 6.54. The van der Waals surface area contributed by atoms with Crippen LogP contribution in [0.4, 0.5) is 0 Å². The number of aromatic nitrogens is 4. The Balaban J connectivity index is 1.58. The summed E-state index contributed by atoms with van der Waals surface area (Å²) in [5.41, 5.74) is 0. The number of nitrogens with one attached hydrogen (secondary N) is 1. The van der Waals surface area contributed by atoms with Crippen molar-refractivity contribution in [3.8, 4) is 0 Å². The fourth-order valence-electron chi connectivity index (χ4n) is 3.19. The topological polar surface area (TPSA) is 58.9 Å². The molecule has 6 heteroatoms. The number of tetrazole rings is 1. The zero-order valence-electron chi connectivity index (χ0n) is 13.2. The Hall–Kier alpha value is -1.01.